The van der Waals surface area contributed by atoms with E-state index in [0.717, 1.165) is 13.2 Å². The molecule has 0 aromatic rings. The van der Waals surface area contributed by atoms with Gasteiger partial charge in [-0.15, -0.1) is 0 Å². The zero-order valence-corrected chi connectivity index (χ0v) is 11.7. The molecule has 1 unspecified atom stereocenters. The number of carboxylic acid groups (broad SMARTS) is 1. The molecule has 0 spiro atoms. The Kier molecular flexibility index (Phi) is 6.10. The van der Waals surface area contributed by atoms with Crippen LogP contribution in [0.1, 0.15) is 40.0 Å². The standard InChI is InChI=1S/C11H21O5P/c1-5-11(6-2,7-3)9(8-10(12)13)17(14,15)16-4/h8H,5-7H2,1-4H3,(H,12,13)(H,14,15)/b9-8-. The zero-order valence-electron chi connectivity index (χ0n) is 10.8. The van der Waals surface area contributed by atoms with Crippen molar-refractivity contribution in [3.63, 3.8) is 0 Å². The van der Waals surface area contributed by atoms with Gasteiger partial charge in [0.05, 0.1) is 5.31 Å². The summed E-state index contributed by atoms with van der Waals surface area (Å²) in [6.45, 7) is 5.62. The minimum absolute atomic E-state index is 0.00694. The van der Waals surface area contributed by atoms with Crippen LogP contribution in [0.15, 0.2) is 11.4 Å². The predicted molar refractivity (Wildman–Crippen MR) is 65.9 cm³/mol. The molecule has 100 valence electrons. The molecule has 0 amide bonds. The Bertz CT molecular complexity index is 336. The van der Waals surface area contributed by atoms with Crippen molar-refractivity contribution in [1.29, 1.82) is 0 Å². The lowest BCUT2D eigenvalue weighted by Gasteiger charge is -2.34. The Morgan fingerprint density at radius 3 is 1.94 bits per heavy atom. The number of carbonyl (C=O) groups is 1. The van der Waals surface area contributed by atoms with Crippen LogP contribution in [0.3, 0.4) is 0 Å². The normalized spacial score (nSPS) is 16.6. The Morgan fingerprint density at radius 1 is 1.29 bits per heavy atom. The largest absolute Gasteiger partial charge is 0.478 e. The maximum absolute atomic E-state index is 11.9. The van der Waals surface area contributed by atoms with Crippen LogP contribution in [0.25, 0.3) is 0 Å². The van der Waals surface area contributed by atoms with Gasteiger partial charge >= 0.3 is 13.6 Å². The molecule has 0 heterocycles. The molecule has 0 aromatic carbocycles. The van der Waals surface area contributed by atoms with Gasteiger partial charge < -0.3 is 14.5 Å². The van der Waals surface area contributed by atoms with Gasteiger partial charge in [0.15, 0.2) is 0 Å². The summed E-state index contributed by atoms with van der Waals surface area (Å²) in [6.07, 6.45) is 2.59. The third-order valence-corrected chi connectivity index (χ3v) is 5.09. The van der Waals surface area contributed by atoms with E-state index < -0.39 is 19.0 Å². The Labute approximate surface area is 102 Å². The summed E-state index contributed by atoms with van der Waals surface area (Å²) in [5.41, 5.74) is -0.599. The van der Waals surface area contributed by atoms with Crippen LogP contribution in [0.5, 0.6) is 0 Å². The lowest BCUT2D eigenvalue weighted by molar-refractivity contribution is -0.131. The van der Waals surface area contributed by atoms with Crippen molar-refractivity contribution in [2.75, 3.05) is 7.11 Å². The van der Waals surface area contributed by atoms with Gasteiger partial charge in [0.1, 0.15) is 0 Å². The SMILES string of the molecule is CCC(CC)(CC)/C(=C/C(=O)O)P(=O)(O)OC. The van der Waals surface area contributed by atoms with E-state index in [0.29, 0.717) is 19.3 Å². The number of rotatable bonds is 7. The molecule has 17 heavy (non-hydrogen) atoms. The van der Waals surface area contributed by atoms with E-state index in [1.165, 1.54) is 0 Å². The van der Waals surface area contributed by atoms with E-state index in [1.54, 1.807) is 0 Å². The van der Waals surface area contributed by atoms with E-state index in [9.17, 15) is 14.3 Å². The van der Waals surface area contributed by atoms with E-state index in [4.69, 9.17) is 5.11 Å². The maximum Gasteiger partial charge on any atom is 0.355 e. The number of hydrogen-bond donors (Lipinski definition) is 2. The second-order valence-corrected chi connectivity index (χ2v) is 5.80. The van der Waals surface area contributed by atoms with E-state index in [2.05, 4.69) is 4.52 Å². The Balaban J connectivity index is 5.78. The third-order valence-electron chi connectivity index (χ3n) is 3.39. The number of allylic oxidation sites excluding steroid dienone is 1. The molecule has 1 atom stereocenters. The molecule has 0 bridgehead atoms. The summed E-state index contributed by atoms with van der Waals surface area (Å²) in [7, 11) is -2.91. The van der Waals surface area contributed by atoms with Gasteiger partial charge in [0.25, 0.3) is 0 Å². The molecule has 0 fully saturated rings. The minimum atomic E-state index is -4.03. The van der Waals surface area contributed by atoms with Gasteiger partial charge in [-0.05, 0) is 19.3 Å². The van der Waals surface area contributed by atoms with Gasteiger partial charge in [-0.1, -0.05) is 20.8 Å². The average Bonchev–Trinajstić information content (AvgIpc) is 2.30. The number of carboxylic acids is 1. The summed E-state index contributed by atoms with van der Waals surface area (Å²) < 4.78 is 16.5. The van der Waals surface area contributed by atoms with Gasteiger partial charge in [-0.3, -0.25) is 4.57 Å². The second-order valence-electron chi connectivity index (χ2n) is 3.91. The van der Waals surface area contributed by atoms with Crippen molar-refractivity contribution in [2.45, 2.75) is 40.0 Å². The molecular weight excluding hydrogens is 243 g/mol. The molecular formula is C11H21O5P. The first kappa shape index (κ1) is 16.4. The summed E-state index contributed by atoms with van der Waals surface area (Å²) in [5.74, 6) is -1.23. The average molecular weight is 264 g/mol. The third kappa shape index (κ3) is 3.66. The van der Waals surface area contributed by atoms with Crippen LogP contribution < -0.4 is 0 Å². The van der Waals surface area contributed by atoms with Crippen molar-refractivity contribution in [2.24, 2.45) is 5.41 Å². The van der Waals surface area contributed by atoms with E-state index >= 15 is 0 Å². The highest BCUT2D eigenvalue weighted by molar-refractivity contribution is 7.57. The van der Waals surface area contributed by atoms with Crippen LogP contribution in [0.4, 0.5) is 0 Å². The van der Waals surface area contributed by atoms with E-state index in [1.807, 2.05) is 20.8 Å². The van der Waals surface area contributed by atoms with Crippen LogP contribution in [0, 0.1) is 5.41 Å². The lowest BCUT2D eigenvalue weighted by Crippen LogP contribution is -2.22. The topological polar surface area (TPSA) is 83.8 Å². The summed E-state index contributed by atoms with van der Waals surface area (Å²) >= 11 is 0. The first-order valence-electron chi connectivity index (χ1n) is 5.63. The fourth-order valence-electron chi connectivity index (χ4n) is 2.04. The molecule has 2 N–H and O–H groups in total. The highest BCUT2D eigenvalue weighted by atomic mass is 31.2. The fraction of sp³-hybridized carbons (Fsp3) is 0.727. The lowest BCUT2D eigenvalue weighted by atomic mass is 9.79. The van der Waals surface area contributed by atoms with Crippen molar-refractivity contribution >= 4 is 13.6 Å². The van der Waals surface area contributed by atoms with Crippen molar-refractivity contribution < 1.29 is 23.9 Å². The molecule has 0 radical (unpaired) electrons. The van der Waals surface area contributed by atoms with Crippen molar-refractivity contribution in [3.8, 4) is 0 Å². The summed E-state index contributed by atoms with van der Waals surface area (Å²) in [6, 6.07) is 0. The van der Waals surface area contributed by atoms with Gasteiger partial charge in [-0.2, -0.15) is 0 Å². The Hall–Kier alpha value is -0.640. The smallest absolute Gasteiger partial charge is 0.355 e. The number of hydrogen-bond acceptors (Lipinski definition) is 3. The van der Waals surface area contributed by atoms with Crippen LogP contribution in [-0.4, -0.2) is 23.1 Å². The molecule has 0 aliphatic heterocycles. The van der Waals surface area contributed by atoms with Gasteiger partial charge in [-0.25, -0.2) is 4.79 Å². The molecule has 0 saturated heterocycles. The molecule has 5 nitrogen and oxygen atoms in total. The van der Waals surface area contributed by atoms with Gasteiger partial charge in [0, 0.05) is 18.6 Å². The summed E-state index contributed by atoms with van der Waals surface area (Å²) in [4.78, 5) is 20.6. The predicted octanol–water partition coefficient (Wildman–Crippen LogP) is 3.00. The first-order chi connectivity index (χ1) is 7.79. The fourth-order valence-corrected chi connectivity index (χ4v) is 3.59. The molecule has 0 rings (SSSR count). The Morgan fingerprint density at radius 2 is 1.71 bits per heavy atom. The van der Waals surface area contributed by atoms with Crippen molar-refractivity contribution in [1.82, 2.24) is 0 Å². The molecule has 0 aromatic heterocycles. The first-order valence-corrected chi connectivity index (χ1v) is 7.21. The molecule has 0 aliphatic rings. The van der Waals surface area contributed by atoms with E-state index in [-0.39, 0.29) is 5.31 Å². The molecule has 6 heteroatoms. The van der Waals surface area contributed by atoms with Crippen LogP contribution in [-0.2, 0) is 13.9 Å². The maximum atomic E-state index is 11.9. The van der Waals surface area contributed by atoms with Crippen molar-refractivity contribution in [3.05, 3.63) is 11.4 Å². The van der Waals surface area contributed by atoms with Crippen LogP contribution >= 0.6 is 7.60 Å². The quantitative estimate of drug-likeness (QED) is 0.545. The zero-order chi connectivity index (χ0) is 13.7. The summed E-state index contributed by atoms with van der Waals surface area (Å²) in [5, 5.41) is 8.82. The minimum Gasteiger partial charge on any atom is -0.478 e. The van der Waals surface area contributed by atoms with Crippen LogP contribution in [0.2, 0.25) is 0 Å². The highest BCUT2D eigenvalue weighted by Gasteiger charge is 2.40. The second kappa shape index (κ2) is 6.34. The van der Waals surface area contributed by atoms with Gasteiger partial charge in [0.2, 0.25) is 0 Å². The molecule has 0 aliphatic carbocycles. The monoisotopic (exact) mass is 264 g/mol. The highest BCUT2D eigenvalue weighted by Crippen LogP contribution is 2.60. The number of aliphatic carboxylic acids is 1. The molecule has 0 saturated carbocycles.